The molecule has 10 rings (SSSR count). The van der Waals surface area contributed by atoms with Crippen molar-refractivity contribution < 1.29 is 28.7 Å². The van der Waals surface area contributed by atoms with Gasteiger partial charge in [0.25, 0.3) is 5.91 Å². The lowest BCUT2D eigenvalue weighted by Crippen LogP contribution is -2.51. The molecule has 4 aliphatic rings. The lowest BCUT2D eigenvalue weighted by molar-refractivity contribution is -0.140. The molecular formula is C50H49N9O6. The molecule has 15 heteroatoms. The number of aromatic nitrogens is 4. The normalized spacial score (nSPS) is 22.1. The Kier molecular flexibility index (Phi) is 11.2. The standard InChI is InChI=1S/C50H49N9O6/c1-28-8-6-14-42(52-28)56-48(63)45-31-16-18-34(22-31)58(45)27-41(60)39-24-30-10-3-5-13-37(30)50(55-39)65-21-20-33-11-7-15-43(53-33)57-49(64)46-32-17-19-35(23-32)59(46)44(61)26-38-36-12-4-2-9-29(36)25-40(54-38)47(51)62/h2-15,24-25,31-32,34-35,45-46H,16-23,26-27H2,1H3,(H2,51,62)(H,52,56,63)(H,53,57,64)/t31-,32-,34+,35+,45-,46-/m0/s1. The van der Waals surface area contributed by atoms with Crippen molar-refractivity contribution in [2.24, 2.45) is 17.6 Å². The molecule has 0 radical (unpaired) electrons. The van der Waals surface area contributed by atoms with Crippen LogP contribution >= 0.6 is 0 Å². The highest BCUT2D eigenvalue weighted by atomic mass is 16.5. The molecule has 6 heterocycles. The number of amides is 4. The summed E-state index contributed by atoms with van der Waals surface area (Å²) in [6.45, 7) is 2.13. The van der Waals surface area contributed by atoms with Gasteiger partial charge in [-0.15, -0.1) is 0 Å². The van der Waals surface area contributed by atoms with Crippen LogP contribution in [-0.2, 0) is 27.2 Å². The molecule has 2 aliphatic heterocycles. The van der Waals surface area contributed by atoms with Crippen molar-refractivity contribution in [1.82, 2.24) is 29.7 Å². The zero-order valence-corrected chi connectivity index (χ0v) is 36.0. The van der Waals surface area contributed by atoms with E-state index in [0.29, 0.717) is 35.3 Å². The topological polar surface area (TPSA) is 203 Å². The molecule has 6 atom stereocenters. The summed E-state index contributed by atoms with van der Waals surface area (Å²) in [6, 6.07) is 28.3. The number of nitrogens with one attached hydrogen (secondary N) is 2. The van der Waals surface area contributed by atoms with Crippen molar-refractivity contribution in [3.8, 4) is 5.88 Å². The summed E-state index contributed by atoms with van der Waals surface area (Å²) in [6.07, 6.45) is 5.46. The highest BCUT2D eigenvalue weighted by Crippen LogP contribution is 2.44. The fraction of sp³-hybridized carbons (Fsp3) is 0.340. The Morgan fingerprint density at radius 2 is 1.34 bits per heavy atom. The van der Waals surface area contributed by atoms with E-state index in [4.69, 9.17) is 20.4 Å². The fourth-order valence-corrected chi connectivity index (χ4v) is 10.7. The summed E-state index contributed by atoms with van der Waals surface area (Å²) in [5.41, 5.74) is 7.85. The average Bonchev–Trinajstić information content (AvgIpc) is 4.12. The Bertz CT molecular complexity index is 2890. The van der Waals surface area contributed by atoms with Crippen LogP contribution in [0.1, 0.15) is 76.6 Å². The molecule has 2 aromatic carbocycles. The Balaban J connectivity index is 0.799. The molecule has 2 aliphatic carbocycles. The molecule has 4 fully saturated rings. The van der Waals surface area contributed by atoms with Crippen molar-refractivity contribution >= 4 is 62.6 Å². The molecule has 4 bridgehead atoms. The van der Waals surface area contributed by atoms with Crippen molar-refractivity contribution in [2.45, 2.75) is 82.5 Å². The first-order chi connectivity index (χ1) is 31.6. The Hall–Kier alpha value is -7.13. The molecule has 0 spiro atoms. The third-order valence-corrected chi connectivity index (χ3v) is 13.6. The number of pyridine rings is 4. The van der Waals surface area contributed by atoms with Gasteiger partial charge in [0.05, 0.1) is 31.3 Å². The molecule has 6 aromatic rings. The summed E-state index contributed by atoms with van der Waals surface area (Å²) < 4.78 is 6.29. The third kappa shape index (κ3) is 8.39. The Labute approximate surface area is 375 Å². The number of nitrogens with two attached hydrogens (primary N) is 1. The monoisotopic (exact) mass is 871 g/mol. The van der Waals surface area contributed by atoms with Gasteiger partial charge in [-0.3, -0.25) is 28.9 Å². The van der Waals surface area contributed by atoms with Crippen LogP contribution in [0.4, 0.5) is 11.6 Å². The number of hydrogen-bond donors (Lipinski definition) is 3. The number of anilines is 2. The van der Waals surface area contributed by atoms with E-state index in [-0.39, 0.29) is 78.4 Å². The van der Waals surface area contributed by atoms with Gasteiger partial charge in [0.2, 0.25) is 23.6 Å². The van der Waals surface area contributed by atoms with Gasteiger partial charge in [-0.2, -0.15) is 0 Å². The summed E-state index contributed by atoms with van der Waals surface area (Å²) in [4.78, 5) is 89.9. The maximum Gasteiger partial charge on any atom is 0.267 e. The molecule has 0 unspecified atom stereocenters. The summed E-state index contributed by atoms with van der Waals surface area (Å²) in [7, 11) is 0. The van der Waals surface area contributed by atoms with Gasteiger partial charge in [-0.1, -0.05) is 54.6 Å². The van der Waals surface area contributed by atoms with Gasteiger partial charge in [0, 0.05) is 40.7 Å². The number of rotatable bonds is 14. The lowest BCUT2D eigenvalue weighted by Gasteiger charge is -2.34. The number of carbonyl (C=O) groups excluding carboxylic acids is 5. The molecule has 2 saturated heterocycles. The average molecular weight is 872 g/mol. The maximum atomic E-state index is 14.1. The van der Waals surface area contributed by atoms with Crippen molar-refractivity contribution in [1.29, 1.82) is 0 Å². The minimum absolute atomic E-state index is 0.0140. The van der Waals surface area contributed by atoms with Gasteiger partial charge in [0.15, 0.2) is 5.78 Å². The molecule has 330 valence electrons. The maximum absolute atomic E-state index is 14.1. The van der Waals surface area contributed by atoms with Crippen molar-refractivity contribution in [3.05, 3.63) is 126 Å². The summed E-state index contributed by atoms with van der Waals surface area (Å²) in [5.74, 6) is -0.178. The first-order valence-corrected chi connectivity index (χ1v) is 22.4. The van der Waals surface area contributed by atoms with Crippen LogP contribution in [0.25, 0.3) is 21.5 Å². The molecule has 2 saturated carbocycles. The number of piperidine rings is 2. The van der Waals surface area contributed by atoms with Gasteiger partial charge in [-0.05, 0) is 111 Å². The number of carbonyl (C=O) groups is 5. The van der Waals surface area contributed by atoms with Crippen LogP contribution in [0.3, 0.4) is 0 Å². The summed E-state index contributed by atoms with van der Waals surface area (Å²) >= 11 is 0. The van der Waals surface area contributed by atoms with Crippen LogP contribution in [0.2, 0.25) is 0 Å². The number of ether oxygens (including phenoxy) is 1. The highest BCUT2D eigenvalue weighted by molar-refractivity contribution is 6.02. The lowest BCUT2D eigenvalue weighted by atomic mass is 9.97. The van der Waals surface area contributed by atoms with E-state index in [2.05, 4.69) is 20.6 Å². The number of ketones is 1. The van der Waals surface area contributed by atoms with Crippen molar-refractivity contribution in [2.75, 3.05) is 23.8 Å². The highest BCUT2D eigenvalue weighted by Gasteiger charge is 2.52. The van der Waals surface area contributed by atoms with Gasteiger partial charge >= 0.3 is 0 Å². The van der Waals surface area contributed by atoms with E-state index in [1.165, 1.54) is 0 Å². The number of likely N-dealkylation sites (tertiary alicyclic amines) is 2. The number of fused-ring (bicyclic) bond motifs is 6. The predicted octanol–water partition coefficient (Wildman–Crippen LogP) is 5.84. The van der Waals surface area contributed by atoms with Crippen LogP contribution in [0, 0.1) is 18.8 Å². The number of aryl methyl sites for hydroxylation is 1. The van der Waals surface area contributed by atoms with E-state index in [1.54, 1.807) is 29.2 Å². The van der Waals surface area contributed by atoms with Gasteiger partial charge in [-0.25, -0.2) is 19.9 Å². The summed E-state index contributed by atoms with van der Waals surface area (Å²) in [5, 5.41) is 9.05. The Morgan fingerprint density at radius 3 is 2.11 bits per heavy atom. The van der Waals surface area contributed by atoms with Crippen LogP contribution < -0.4 is 21.1 Å². The molecule has 4 aromatic heterocycles. The number of hydrogen-bond acceptors (Lipinski definition) is 11. The third-order valence-electron chi connectivity index (χ3n) is 13.6. The minimum Gasteiger partial charge on any atom is -0.477 e. The largest absolute Gasteiger partial charge is 0.477 e. The first-order valence-electron chi connectivity index (χ1n) is 22.4. The molecule has 4 amide bonds. The quantitative estimate of drug-likeness (QED) is 0.111. The zero-order valence-electron chi connectivity index (χ0n) is 36.0. The molecule has 4 N–H and O–H groups in total. The van der Waals surface area contributed by atoms with Crippen LogP contribution in [0.5, 0.6) is 5.88 Å². The van der Waals surface area contributed by atoms with E-state index >= 15 is 0 Å². The Morgan fingerprint density at radius 1 is 0.692 bits per heavy atom. The van der Waals surface area contributed by atoms with Gasteiger partial charge in [0.1, 0.15) is 29.1 Å². The number of benzene rings is 2. The molecule has 65 heavy (non-hydrogen) atoms. The zero-order chi connectivity index (χ0) is 44.8. The SMILES string of the molecule is Cc1cccc(NC(=O)[C@@H]2[C@H]3CC[C@H](C3)N2CC(=O)c2cc3ccccc3c(OCCc3cccc(NC(=O)[C@@H]4[C@H]5CC[C@H](C5)N4C(=O)Cc4nc(C(N)=O)cc5ccccc45)n3)n2)n1. The number of Topliss-reactive ketones (excluding diaryl/α,β-unsaturated/α-hetero) is 1. The molecular weight excluding hydrogens is 823 g/mol. The van der Waals surface area contributed by atoms with Crippen LogP contribution in [-0.4, -0.2) is 96.5 Å². The van der Waals surface area contributed by atoms with E-state index in [0.717, 1.165) is 65.8 Å². The van der Waals surface area contributed by atoms with Crippen molar-refractivity contribution in [3.63, 3.8) is 0 Å². The second kappa shape index (κ2) is 17.4. The van der Waals surface area contributed by atoms with E-state index in [1.807, 2.05) is 84.6 Å². The number of nitrogens with zero attached hydrogens (tertiary/aromatic N) is 6. The smallest absolute Gasteiger partial charge is 0.267 e. The van der Waals surface area contributed by atoms with Crippen LogP contribution in [0.15, 0.2) is 97.1 Å². The van der Waals surface area contributed by atoms with Gasteiger partial charge < -0.3 is 26.0 Å². The van der Waals surface area contributed by atoms with E-state index in [9.17, 15) is 24.0 Å². The molecule has 15 nitrogen and oxygen atoms in total. The fourth-order valence-electron chi connectivity index (χ4n) is 10.7. The first kappa shape index (κ1) is 41.9. The second-order valence-corrected chi connectivity index (χ2v) is 17.7. The predicted molar refractivity (Wildman–Crippen MR) is 243 cm³/mol. The second-order valence-electron chi connectivity index (χ2n) is 17.7. The minimum atomic E-state index is -0.676. The van der Waals surface area contributed by atoms with E-state index < -0.39 is 18.0 Å². The number of primary amides is 1.